The lowest BCUT2D eigenvalue weighted by molar-refractivity contribution is 0.550. The molecule has 1 atom stereocenters. The fourth-order valence-electron chi connectivity index (χ4n) is 1.21. The molecule has 0 spiro atoms. The van der Waals surface area contributed by atoms with Crippen LogP contribution in [-0.4, -0.2) is 12.7 Å². The minimum Gasteiger partial charge on any atom is -0.372 e. The average molecular weight is 134 g/mol. The van der Waals surface area contributed by atoms with Gasteiger partial charge in [-0.1, -0.05) is 18.2 Å². The van der Waals surface area contributed by atoms with Crippen LogP contribution in [0.2, 0.25) is 0 Å². The summed E-state index contributed by atoms with van der Waals surface area (Å²) in [4.78, 5) is 0. The molecule has 2 N–H and O–H groups in total. The first-order valence-corrected chi connectivity index (χ1v) is 3.49. The largest absolute Gasteiger partial charge is 0.372 e. The minimum atomic E-state index is 0.343. The normalized spacial score (nSPS) is 28.8. The van der Waals surface area contributed by atoms with Crippen molar-refractivity contribution >= 4 is 0 Å². The van der Waals surface area contributed by atoms with E-state index in [1.54, 1.807) is 0 Å². The summed E-state index contributed by atoms with van der Waals surface area (Å²) in [5.41, 5.74) is 1.31. The highest BCUT2D eigenvalue weighted by molar-refractivity contribution is 5.33. The Bertz CT molecular complexity index is 213. The Labute approximate surface area is 60.3 Å². The van der Waals surface area contributed by atoms with Gasteiger partial charge in [0.1, 0.15) is 6.17 Å². The van der Waals surface area contributed by atoms with Gasteiger partial charge in [-0.2, -0.15) is 0 Å². The highest BCUT2D eigenvalue weighted by Crippen LogP contribution is 2.09. The quantitative estimate of drug-likeness (QED) is 0.504. The summed E-state index contributed by atoms with van der Waals surface area (Å²) in [5, 5.41) is 6.51. The van der Waals surface area contributed by atoms with Crippen LogP contribution in [0.4, 0.5) is 0 Å². The van der Waals surface area contributed by atoms with Gasteiger partial charge in [-0.05, 0) is 17.8 Å². The van der Waals surface area contributed by atoms with Crippen LogP contribution >= 0.6 is 0 Å². The van der Waals surface area contributed by atoms with E-state index in [-0.39, 0.29) is 0 Å². The Hall–Kier alpha value is -1.02. The molecule has 10 heavy (non-hydrogen) atoms. The minimum absolute atomic E-state index is 0.343. The van der Waals surface area contributed by atoms with Gasteiger partial charge >= 0.3 is 0 Å². The zero-order valence-corrected chi connectivity index (χ0v) is 5.67. The number of rotatable bonds is 0. The van der Waals surface area contributed by atoms with Crippen LogP contribution in [0.25, 0.3) is 0 Å². The average Bonchev–Trinajstić information content (AvgIpc) is 2.05. The number of hydrogen-bond acceptors (Lipinski definition) is 2. The van der Waals surface area contributed by atoms with Crippen LogP contribution in [0.15, 0.2) is 36.1 Å². The number of allylic oxidation sites excluding steroid dienone is 2. The lowest BCUT2D eigenvalue weighted by atomic mass is 10.1. The van der Waals surface area contributed by atoms with Crippen LogP contribution in [0.3, 0.4) is 0 Å². The Morgan fingerprint density at radius 1 is 1.50 bits per heavy atom. The van der Waals surface area contributed by atoms with Crippen molar-refractivity contribution in [3.8, 4) is 0 Å². The standard InChI is InChI=1S/C8H10N2/c1-3-7-4-2-6-10-8(7)9-5-1/h1-5,8-10H,6H2. The molecule has 2 rings (SSSR count). The van der Waals surface area contributed by atoms with Gasteiger partial charge in [0.2, 0.25) is 0 Å². The van der Waals surface area contributed by atoms with E-state index in [2.05, 4.69) is 28.9 Å². The molecule has 2 aliphatic heterocycles. The van der Waals surface area contributed by atoms with E-state index in [1.165, 1.54) is 5.57 Å². The van der Waals surface area contributed by atoms with Gasteiger partial charge in [0.05, 0.1) is 0 Å². The number of hydrogen-bond donors (Lipinski definition) is 2. The maximum absolute atomic E-state index is 3.30. The van der Waals surface area contributed by atoms with E-state index in [1.807, 2.05) is 12.3 Å². The van der Waals surface area contributed by atoms with Crippen molar-refractivity contribution in [3.63, 3.8) is 0 Å². The molecule has 2 heteroatoms. The summed E-state index contributed by atoms with van der Waals surface area (Å²) in [6.45, 7) is 0.961. The van der Waals surface area contributed by atoms with Crippen molar-refractivity contribution < 1.29 is 0 Å². The van der Waals surface area contributed by atoms with E-state index >= 15 is 0 Å². The van der Waals surface area contributed by atoms with E-state index in [4.69, 9.17) is 0 Å². The number of nitrogens with one attached hydrogen (secondary N) is 2. The van der Waals surface area contributed by atoms with Crippen LogP contribution in [0.1, 0.15) is 0 Å². The maximum Gasteiger partial charge on any atom is 0.103 e. The summed E-state index contributed by atoms with van der Waals surface area (Å²) in [7, 11) is 0. The Kier molecular flexibility index (Phi) is 1.32. The zero-order chi connectivity index (χ0) is 6.81. The molecular formula is C8H10N2. The van der Waals surface area contributed by atoms with Gasteiger partial charge in [0, 0.05) is 6.54 Å². The molecule has 2 nitrogen and oxygen atoms in total. The third kappa shape index (κ3) is 0.866. The molecule has 0 aromatic carbocycles. The van der Waals surface area contributed by atoms with Gasteiger partial charge in [0.15, 0.2) is 0 Å². The van der Waals surface area contributed by atoms with Crippen molar-refractivity contribution in [2.24, 2.45) is 0 Å². The Morgan fingerprint density at radius 2 is 2.50 bits per heavy atom. The molecule has 0 amide bonds. The summed E-state index contributed by atoms with van der Waals surface area (Å²) < 4.78 is 0. The molecule has 1 unspecified atom stereocenters. The van der Waals surface area contributed by atoms with E-state index in [0.717, 1.165) is 6.54 Å². The van der Waals surface area contributed by atoms with Crippen LogP contribution < -0.4 is 10.6 Å². The van der Waals surface area contributed by atoms with E-state index < -0.39 is 0 Å². The van der Waals surface area contributed by atoms with Gasteiger partial charge in [0.25, 0.3) is 0 Å². The van der Waals surface area contributed by atoms with Gasteiger partial charge in [-0.25, -0.2) is 0 Å². The second-order valence-electron chi connectivity index (χ2n) is 2.44. The lowest BCUT2D eigenvalue weighted by Gasteiger charge is -2.24. The molecule has 0 saturated heterocycles. The summed E-state index contributed by atoms with van der Waals surface area (Å²) in [5.74, 6) is 0. The third-order valence-corrected chi connectivity index (χ3v) is 1.73. The number of fused-ring (bicyclic) bond motifs is 1. The Morgan fingerprint density at radius 3 is 3.40 bits per heavy atom. The van der Waals surface area contributed by atoms with Crippen molar-refractivity contribution in [1.29, 1.82) is 0 Å². The summed E-state index contributed by atoms with van der Waals surface area (Å²) in [6.07, 6.45) is 10.7. The molecule has 0 aromatic rings. The van der Waals surface area contributed by atoms with Crippen molar-refractivity contribution in [1.82, 2.24) is 10.6 Å². The molecular weight excluding hydrogens is 124 g/mol. The molecule has 2 aliphatic rings. The van der Waals surface area contributed by atoms with Gasteiger partial charge < -0.3 is 5.32 Å². The topological polar surface area (TPSA) is 24.1 Å². The SMILES string of the molecule is C1=CNC2NCC=CC2=C1. The third-order valence-electron chi connectivity index (χ3n) is 1.73. The van der Waals surface area contributed by atoms with Crippen LogP contribution in [0.5, 0.6) is 0 Å². The first-order chi connectivity index (χ1) is 4.97. The van der Waals surface area contributed by atoms with Crippen LogP contribution in [0, 0.1) is 0 Å². The molecule has 52 valence electrons. The molecule has 0 bridgehead atoms. The molecule has 0 aliphatic carbocycles. The van der Waals surface area contributed by atoms with E-state index in [0.29, 0.717) is 6.17 Å². The van der Waals surface area contributed by atoms with Gasteiger partial charge in [-0.3, -0.25) is 5.32 Å². The molecule has 0 fully saturated rings. The fourth-order valence-corrected chi connectivity index (χ4v) is 1.21. The predicted octanol–water partition coefficient (Wildman–Crippen LogP) is 0.515. The zero-order valence-electron chi connectivity index (χ0n) is 5.67. The number of dihydropyridines is 1. The maximum atomic E-state index is 3.30. The smallest absolute Gasteiger partial charge is 0.103 e. The second-order valence-corrected chi connectivity index (χ2v) is 2.44. The first kappa shape index (κ1) is 5.74. The second kappa shape index (κ2) is 2.31. The monoisotopic (exact) mass is 134 g/mol. The van der Waals surface area contributed by atoms with E-state index in [9.17, 15) is 0 Å². The molecule has 0 aromatic heterocycles. The highest BCUT2D eigenvalue weighted by atomic mass is 15.1. The van der Waals surface area contributed by atoms with Crippen molar-refractivity contribution in [2.45, 2.75) is 6.17 Å². The van der Waals surface area contributed by atoms with Crippen molar-refractivity contribution in [2.75, 3.05) is 6.54 Å². The fraction of sp³-hybridized carbons (Fsp3) is 0.250. The lowest BCUT2D eigenvalue weighted by Crippen LogP contribution is -2.43. The molecule has 2 heterocycles. The first-order valence-electron chi connectivity index (χ1n) is 3.49. The molecule has 0 saturated carbocycles. The molecule has 0 radical (unpaired) electrons. The van der Waals surface area contributed by atoms with Gasteiger partial charge in [-0.15, -0.1) is 0 Å². The van der Waals surface area contributed by atoms with Crippen LogP contribution in [-0.2, 0) is 0 Å². The Balaban J connectivity index is 2.27. The predicted molar refractivity (Wildman–Crippen MR) is 41.3 cm³/mol. The summed E-state index contributed by atoms with van der Waals surface area (Å²) in [6, 6.07) is 0. The summed E-state index contributed by atoms with van der Waals surface area (Å²) >= 11 is 0. The van der Waals surface area contributed by atoms with Crippen molar-refractivity contribution in [3.05, 3.63) is 36.1 Å². The highest BCUT2D eigenvalue weighted by Gasteiger charge is 2.12.